The van der Waals surface area contributed by atoms with Crippen molar-refractivity contribution in [3.8, 4) is 12.1 Å². The molecule has 0 aromatic heterocycles. The average molecular weight is 270 g/mol. The van der Waals surface area contributed by atoms with Crippen LogP contribution in [0.15, 0.2) is 24.3 Å². The summed E-state index contributed by atoms with van der Waals surface area (Å²) in [6, 6.07) is 8.96. The summed E-state index contributed by atoms with van der Waals surface area (Å²) in [5.41, 5.74) is 5.99. The summed E-state index contributed by atoms with van der Waals surface area (Å²) in [6.45, 7) is 1.66. The van der Waals surface area contributed by atoms with Gasteiger partial charge in [0.05, 0.1) is 17.7 Å². The van der Waals surface area contributed by atoms with Crippen molar-refractivity contribution in [1.82, 2.24) is 5.32 Å². The zero-order valence-corrected chi connectivity index (χ0v) is 11.0. The number of carbonyl (C=O) groups is 2. The Balaban J connectivity index is 2.83. The summed E-state index contributed by atoms with van der Waals surface area (Å²) in [5.74, 6) is -1.53. The van der Waals surface area contributed by atoms with Crippen LogP contribution >= 0.6 is 0 Å². The Bertz CT molecular complexity index is 581. The predicted molar refractivity (Wildman–Crippen MR) is 71.0 cm³/mol. The Morgan fingerprint density at radius 3 is 2.35 bits per heavy atom. The molecule has 102 valence electrons. The fraction of sp³-hybridized carbons (Fsp3) is 0.286. The molecular weight excluding hydrogens is 256 g/mol. The molecule has 0 aliphatic heterocycles. The van der Waals surface area contributed by atoms with E-state index in [1.54, 1.807) is 6.92 Å². The molecule has 0 bridgehead atoms. The first-order valence-electron chi connectivity index (χ1n) is 5.97. The van der Waals surface area contributed by atoms with Crippen LogP contribution in [0.1, 0.15) is 29.3 Å². The highest BCUT2D eigenvalue weighted by Crippen LogP contribution is 2.09. The maximum Gasteiger partial charge on any atom is 0.251 e. The van der Waals surface area contributed by atoms with Gasteiger partial charge >= 0.3 is 0 Å². The van der Waals surface area contributed by atoms with E-state index in [1.807, 2.05) is 12.1 Å². The fourth-order valence-corrected chi connectivity index (χ4v) is 1.68. The number of benzene rings is 1. The standard InChI is InChI=1S/C14H14N4O2/c1-9(6-7-15)12(13(17)19)18-14(20)11-4-2-10(8-16)3-5-11/h2-5,9,12H,6H2,1H3,(H2,17,19)(H,18,20)/t9-,12-/m1/s1. The second kappa shape index (κ2) is 6.91. The Hall–Kier alpha value is -2.86. The number of nitriles is 2. The maximum absolute atomic E-state index is 12.0. The molecule has 6 heteroatoms. The third-order valence-electron chi connectivity index (χ3n) is 2.85. The van der Waals surface area contributed by atoms with Gasteiger partial charge in [-0.15, -0.1) is 0 Å². The maximum atomic E-state index is 12.0. The first kappa shape index (κ1) is 15.2. The van der Waals surface area contributed by atoms with Crippen LogP contribution in [-0.2, 0) is 4.79 Å². The van der Waals surface area contributed by atoms with Gasteiger partial charge in [-0.3, -0.25) is 9.59 Å². The van der Waals surface area contributed by atoms with Gasteiger partial charge in [0, 0.05) is 12.0 Å². The second-order valence-corrected chi connectivity index (χ2v) is 4.38. The summed E-state index contributed by atoms with van der Waals surface area (Å²) in [6.07, 6.45) is 0.112. The SMILES string of the molecule is C[C@H](CC#N)[C@@H](NC(=O)c1ccc(C#N)cc1)C(N)=O. The van der Waals surface area contributed by atoms with Crippen LogP contribution in [0.2, 0.25) is 0 Å². The van der Waals surface area contributed by atoms with Gasteiger partial charge in [-0.1, -0.05) is 6.92 Å². The highest BCUT2D eigenvalue weighted by atomic mass is 16.2. The number of hydrogen-bond acceptors (Lipinski definition) is 4. The molecule has 6 nitrogen and oxygen atoms in total. The van der Waals surface area contributed by atoms with Crippen LogP contribution in [0.5, 0.6) is 0 Å². The summed E-state index contributed by atoms with van der Waals surface area (Å²) < 4.78 is 0. The summed E-state index contributed by atoms with van der Waals surface area (Å²) in [5, 5.41) is 19.8. The fourth-order valence-electron chi connectivity index (χ4n) is 1.68. The molecule has 2 amide bonds. The minimum atomic E-state index is -0.905. The summed E-state index contributed by atoms with van der Waals surface area (Å²) in [7, 11) is 0. The molecule has 0 unspecified atom stereocenters. The Morgan fingerprint density at radius 2 is 1.90 bits per heavy atom. The molecule has 3 N–H and O–H groups in total. The number of rotatable bonds is 5. The number of primary amides is 1. The van der Waals surface area contributed by atoms with E-state index < -0.39 is 17.9 Å². The third kappa shape index (κ3) is 3.82. The first-order chi connectivity index (χ1) is 9.49. The zero-order chi connectivity index (χ0) is 15.1. The normalized spacial score (nSPS) is 12.6. The molecular formula is C14H14N4O2. The third-order valence-corrected chi connectivity index (χ3v) is 2.85. The van der Waals surface area contributed by atoms with Crippen LogP contribution in [0.4, 0.5) is 0 Å². The van der Waals surface area contributed by atoms with Crippen LogP contribution in [0, 0.1) is 28.6 Å². The van der Waals surface area contributed by atoms with E-state index in [1.165, 1.54) is 24.3 Å². The lowest BCUT2D eigenvalue weighted by Gasteiger charge is -2.20. The van der Waals surface area contributed by atoms with E-state index in [-0.39, 0.29) is 12.3 Å². The van der Waals surface area contributed by atoms with Crippen LogP contribution < -0.4 is 11.1 Å². The van der Waals surface area contributed by atoms with Crippen molar-refractivity contribution in [1.29, 1.82) is 10.5 Å². The predicted octanol–water partition coefficient (Wildman–Crippen LogP) is 0.692. The quantitative estimate of drug-likeness (QED) is 0.817. The van der Waals surface area contributed by atoms with Gasteiger partial charge in [0.25, 0.3) is 5.91 Å². The molecule has 0 aliphatic rings. The number of hydrogen-bond donors (Lipinski definition) is 2. The van der Waals surface area contributed by atoms with E-state index in [0.29, 0.717) is 11.1 Å². The van der Waals surface area contributed by atoms with Crippen molar-refractivity contribution >= 4 is 11.8 Å². The van der Waals surface area contributed by atoms with Gasteiger partial charge < -0.3 is 11.1 Å². The highest BCUT2D eigenvalue weighted by molar-refractivity contribution is 5.97. The summed E-state index contributed by atoms with van der Waals surface area (Å²) >= 11 is 0. The summed E-state index contributed by atoms with van der Waals surface area (Å²) in [4.78, 5) is 23.3. The van der Waals surface area contributed by atoms with Crippen molar-refractivity contribution in [2.24, 2.45) is 11.7 Å². The van der Waals surface area contributed by atoms with E-state index in [9.17, 15) is 9.59 Å². The van der Waals surface area contributed by atoms with Crippen molar-refractivity contribution in [2.45, 2.75) is 19.4 Å². The Labute approximate surface area is 116 Å². The van der Waals surface area contributed by atoms with Gasteiger partial charge in [-0.25, -0.2) is 0 Å². The molecule has 0 aliphatic carbocycles. The molecule has 0 heterocycles. The molecule has 1 rings (SSSR count). The van der Waals surface area contributed by atoms with Crippen LogP contribution in [0.3, 0.4) is 0 Å². The van der Waals surface area contributed by atoms with Gasteiger partial charge in [-0.05, 0) is 30.2 Å². The second-order valence-electron chi connectivity index (χ2n) is 4.38. The average Bonchev–Trinajstić information content (AvgIpc) is 2.44. The number of nitrogens with two attached hydrogens (primary N) is 1. The molecule has 0 saturated heterocycles. The van der Waals surface area contributed by atoms with Gasteiger partial charge in [0.1, 0.15) is 6.04 Å². The number of nitrogens with one attached hydrogen (secondary N) is 1. The molecule has 1 aromatic carbocycles. The molecule has 2 atom stereocenters. The molecule has 0 saturated carbocycles. The monoisotopic (exact) mass is 270 g/mol. The van der Waals surface area contributed by atoms with Gasteiger partial charge in [0.15, 0.2) is 0 Å². The molecule has 0 fully saturated rings. The molecule has 0 spiro atoms. The minimum absolute atomic E-state index is 0.112. The van der Waals surface area contributed by atoms with Gasteiger partial charge in [0.2, 0.25) is 5.91 Å². The zero-order valence-electron chi connectivity index (χ0n) is 11.0. The van der Waals surface area contributed by atoms with Crippen LogP contribution in [-0.4, -0.2) is 17.9 Å². The van der Waals surface area contributed by atoms with Gasteiger partial charge in [-0.2, -0.15) is 10.5 Å². The molecule has 1 aromatic rings. The van der Waals surface area contributed by atoms with Crippen molar-refractivity contribution in [2.75, 3.05) is 0 Å². The van der Waals surface area contributed by atoms with Crippen molar-refractivity contribution in [3.05, 3.63) is 35.4 Å². The lowest BCUT2D eigenvalue weighted by atomic mass is 9.98. The highest BCUT2D eigenvalue weighted by Gasteiger charge is 2.25. The first-order valence-corrected chi connectivity index (χ1v) is 5.97. The molecule has 20 heavy (non-hydrogen) atoms. The van der Waals surface area contributed by atoms with Crippen molar-refractivity contribution in [3.63, 3.8) is 0 Å². The van der Waals surface area contributed by atoms with E-state index in [4.69, 9.17) is 16.3 Å². The van der Waals surface area contributed by atoms with E-state index >= 15 is 0 Å². The van der Waals surface area contributed by atoms with E-state index in [2.05, 4.69) is 5.32 Å². The Kier molecular flexibility index (Phi) is 5.25. The minimum Gasteiger partial charge on any atom is -0.368 e. The van der Waals surface area contributed by atoms with E-state index in [0.717, 1.165) is 0 Å². The smallest absolute Gasteiger partial charge is 0.251 e. The topological polar surface area (TPSA) is 120 Å². The van der Waals surface area contributed by atoms with Crippen molar-refractivity contribution < 1.29 is 9.59 Å². The molecule has 0 radical (unpaired) electrons. The number of nitrogens with zero attached hydrogens (tertiary/aromatic N) is 2. The largest absolute Gasteiger partial charge is 0.368 e. The lowest BCUT2D eigenvalue weighted by Crippen LogP contribution is -2.48. The number of carbonyl (C=O) groups excluding carboxylic acids is 2. The lowest BCUT2D eigenvalue weighted by molar-refractivity contribution is -0.120. The Morgan fingerprint density at radius 1 is 1.30 bits per heavy atom. The van der Waals surface area contributed by atoms with Crippen LogP contribution in [0.25, 0.3) is 0 Å². The number of amides is 2.